The molecule has 2 rings (SSSR count). The number of nitriles is 1. The van der Waals surface area contributed by atoms with Gasteiger partial charge in [-0.05, 0) is 30.9 Å². The monoisotopic (exact) mass is 235 g/mol. The summed E-state index contributed by atoms with van der Waals surface area (Å²) in [5.74, 6) is 0. The van der Waals surface area contributed by atoms with Gasteiger partial charge in [0.1, 0.15) is 0 Å². The fraction of sp³-hybridized carbons (Fsp3) is 0.455. The topological polar surface area (TPSA) is 66.1 Å². The van der Waals surface area contributed by atoms with Crippen molar-refractivity contribution < 1.29 is 4.21 Å². The maximum Gasteiger partial charge on any atom is 0.214 e. The third-order valence-electron chi connectivity index (χ3n) is 3.29. The minimum atomic E-state index is -2.51. The summed E-state index contributed by atoms with van der Waals surface area (Å²) in [7, 11) is -2.51. The quantitative estimate of drug-likeness (QED) is 0.737. The summed E-state index contributed by atoms with van der Waals surface area (Å²) in [5.41, 5.74) is 0.938. The van der Waals surface area contributed by atoms with E-state index in [1.54, 1.807) is 24.8 Å². The van der Waals surface area contributed by atoms with Gasteiger partial charge in [-0.3, -0.25) is 4.98 Å². The summed E-state index contributed by atoms with van der Waals surface area (Å²) in [6.07, 6.45) is 9.34. The molecule has 1 aromatic rings. The minimum Gasteiger partial charge on any atom is -0.264 e. The Hall–Kier alpha value is -1.41. The van der Waals surface area contributed by atoms with Crippen molar-refractivity contribution in [2.75, 3.05) is 6.26 Å². The molecule has 84 valence electrons. The van der Waals surface area contributed by atoms with Crippen LogP contribution in [0.3, 0.4) is 0 Å². The molecule has 4 nitrogen and oxygen atoms in total. The molecule has 1 heterocycles. The second-order valence-electron chi connectivity index (χ2n) is 4.08. The van der Waals surface area contributed by atoms with E-state index >= 15 is 0 Å². The van der Waals surface area contributed by atoms with Gasteiger partial charge in [0.15, 0.2) is 0 Å². The highest BCUT2D eigenvalue weighted by molar-refractivity contribution is 7.94. The summed E-state index contributed by atoms with van der Waals surface area (Å²) in [6, 6.07) is 3.75. The lowest BCUT2D eigenvalue weighted by Crippen LogP contribution is -2.41. The van der Waals surface area contributed by atoms with Crippen LogP contribution < -0.4 is 0 Å². The molecule has 1 aromatic heterocycles. The highest BCUT2D eigenvalue weighted by Gasteiger charge is 2.46. The van der Waals surface area contributed by atoms with Gasteiger partial charge in [-0.1, -0.05) is 6.07 Å². The molecule has 1 atom stereocenters. The van der Waals surface area contributed by atoms with Crippen LogP contribution in [-0.2, 0) is 14.5 Å². The summed E-state index contributed by atoms with van der Waals surface area (Å²) >= 11 is 0. The number of pyridine rings is 1. The van der Waals surface area contributed by atoms with E-state index in [1.807, 2.05) is 12.1 Å². The van der Waals surface area contributed by atoms with E-state index in [9.17, 15) is 4.21 Å². The highest BCUT2D eigenvalue weighted by atomic mass is 32.2. The van der Waals surface area contributed by atoms with E-state index in [1.165, 1.54) is 0 Å². The Bertz CT molecular complexity index is 534. The van der Waals surface area contributed by atoms with Crippen molar-refractivity contribution in [2.24, 2.45) is 4.36 Å². The first kappa shape index (κ1) is 11.1. The van der Waals surface area contributed by atoms with E-state index in [0.717, 1.165) is 24.8 Å². The van der Waals surface area contributed by atoms with Crippen LogP contribution in [0.1, 0.15) is 24.8 Å². The molecule has 0 saturated heterocycles. The maximum atomic E-state index is 12.5. The number of aromatic nitrogens is 1. The number of nitrogens with zero attached hydrogens (tertiary/aromatic N) is 3. The van der Waals surface area contributed by atoms with Crippen LogP contribution >= 0.6 is 0 Å². The van der Waals surface area contributed by atoms with Crippen molar-refractivity contribution >= 4 is 9.73 Å². The Kier molecular flexibility index (Phi) is 2.68. The first-order valence-electron chi connectivity index (χ1n) is 5.13. The lowest BCUT2D eigenvalue weighted by Gasteiger charge is -2.42. The van der Waals surface area contributed by atoms with Gasteiger partial charge in [0.25, 0.3) is 0 Å². The summed E-state index contributed by atoms with van der Waals surface area (Å²) < 4.78 is 15.6. The van der Waals surface area contributed by atoms with Gasteiger partial charge in [0.2, 0.25) is 6.19 Å². The molecular weight excluding hydrogens is 222 g/mol. The lowest BCUT2D eigenvalue weighted by atomic mass is 9.79. The van der Waals surface area contributed by atoms with Crippen LogP contribution in [0, 0.1) is 11.5 Å². The molecular formula is C11H13N3OS. The lowest BCUT2D eigenvalue weighted by molar-refractivity contribution is 0.358. The molecule has 1 saturated carbocycles. The van der Waals surface area contributed by atoms with Gasteiger partial charge in [-0.2, -0.15) is 5.26 Å². The number of rotatable bonds is 2. The molecule has 0 bridgehead atoms. The molecule has 0 aromatic carbocycles. The van der Waals surface area contributed by atoms with Crippen LogP contribution in [0.15, 0.2) is 28.9 Å². The van der Waals surface area contributed by atoms with Crippen LogP contribution in [0.2, 0.25) is 0 Å². The van der Waals surface area contributed by atoms with Gasteiger partial charge >= 0.3 is 0 Å². The van der Waals surface area contributed by atoms with E-state index in [-0.39, 0.29) is 0 Å². The standard InChI is InChI=1S/C11H13N3OS/c1-16(15,14-9-12)11(5-3-6-11)10-4-2-7-13-8-10/h2,4,7-8H,3,5-6H2,1H3. The van der Waals surface area contributed by atoms with Crippen molar-refractivity contribution in [3.8, 4) is 6.19 Å². The van der Waals surface area contributed by atoms with Crippen molar-refractivity contribution in [3.63, 3.8) is 0 Å². The zero-order chi connectivity index (χ0) is 11.6. The van der Waals surface area contributed by atoms with E-state index < -0.39 is 14.5 Å². The van der Waals surface area contributed by atoms with Crippen LogP contribution in [0.4, 0.5) is 0 Å². The SMILES string of the molecule is CS(=O)(=NC#N)C1(c2cccnc2)CCC1. The molecule has 1 fully saturated rings. The third-order valence-corrected chi connectivity index (χ3v) is 5.81. The molecule has 5 heteroatoms. The normalized spacial score (nSPS) is 21.2. The van der Waals surface area contributed by atoms with Crippen LogP contribution in [0.25, 0.3) is 0 Å². The Morgan fingerprint density at radius 1 is 1.62 bits per heavy atom. The second kappa shape index (κ2) is 3.87. The molecule has 1 unspecified atom stereocenters. The average Bonchev–Trinajstić information content (AvgIpc) is 2.16. The zero-order valence-electron chi connectivity index (χ0n) is 9.09. The molecule has 0 radical (unpaired) electrons. The van der Waals surface area contributed by atoms with Gasteiger partial charge < -0.3 is 0 Å². The first-order chi connectivity index (χ1) is 7.62. The zero-order valence-corrected chi connectivity index (χ0v) is 9.91. The minimum absolute atomic E-state index is 0.461. The summed E-state index contributed by atoms with van der Waals surface area (Å²) in [5, 5.41) is 8.62. The van der Waals surface area contributed by atoms with Crippen LogP contribution in [0.5, 0.6) is 0 Å². The van der Waals surface area contributed by atoms with Gasteiger partial charge in [-0.15, -0.1) is 4.36 Å². The van der Waals surface area contributed by atoms with Crippen molar-refractivity contribution in [2.45, 2.75) is 24.0 Å². The largest absolute Gasteiger partial charge is 0.264 e. The van der Waals surface area contributed by atoms with E-state index in [4.69, 9.17) is 5.26 Å². The fourth-order valence-corrected chi connectivity index (χ4v) is 4.12. The Morgan fingerprint density at radius 2 is 2.38 bits per heavy atom. The number of hydrogen-bond acceptors (Lipinski definition) is 4. The Morgan fingerprint density at radius 3 is 2.81 bits per heavy atom. The third kappa shape index (κ3) is 1.50. The van der Waals surface area contributed by atoms with Crippen LogP contribution in [-0.4, -0.2) is 15.4 Å². The second-order valence-corrected chi connectivity index (χ2v) is 6.65. The summed E-state index contributed by atoms with van der Waals surface area (Å²) in [4.78, 5) is 4.06. The van der Waals surface area contributed by atoms with E-state index in [0.29, 0.717) is 0 Å². The molecule has 0 spiro atoms. The van der Waals surface area contributed by atoms with Crippen molar-refractivity contribution in [1.29, 1.82) is 5.26 Å². The number of hydrogen-bond donors (Lipinski definition) is 0. The molecule has 1 aliphatic rings. The van der Waals surface area contributed by atoms with Gasteiger partial charge in [0.05, 0.1) is 14.5 Å². The van der Waals surface area contributed by atoms with Gasteiger partial charge in [-0.25, -0.2) is 4.21 Å². The molecule has 0 aliphatic heterocycles. The smallest absolute Gasteiger partial charge is 0.214 e. The average molecular weight is 235 g/mol. The molecule has 0 N–H and O–H groups in total. The van der Waals surface area contributed by atoms with Crippen molar-refractivity contribution in [1.82, 2.24) is 4.98 Å². The Labute approximate surface area is 95.5 Å². The van der Waals surface area contributed by atoms with Crippen molar-refractivity contribution in [3.05, 3.63) is 30.1 Å². The maximum absolute atomic E-state index is 12.5. The highest BCUT2D eigenvalue weighted by Crippen LogP contribution is 2.48. The molecule has 16 heavy (non-hydrogen) atoms. The first-order valence-corrected chi connectivity index (χ1v) is 7.05. The fourth-order valence-electron chi connectivity index (χ4n) is 2.18. The van der Waals surface area contributed by atoms with Gasteiger partial charge in [0, 0.05) is 18.6 Å². The molecule has 1 aliphatic carbocycles. The molecule has 0 amide bonds. The summed E-state index contributed by atoms with van der Waals surface area (Å²) in [6.45, 7) is 0. The Balaban J connectivity index is 2.55. The predicted molar refractivity (Wildman–Crippen MR) is 61.9 cm³/mol. The predicted octanol–water partition coefficient (Wildman–Crippen LogP) is 2.04. The van der Waals surface area contributed by atoms with E-state index in [2.05, 4.69) is 9.35 Å².